The topological polar surface area (TPSA) is 101 Å². The monoisotopic (exact) mass is 529 g/mol. The van der Waals surface area contributed by atoms with Crippen molar-refractivity contribution in [3.63, 3.8) is 0 Å². The molecular weight excluding hydrogens is 502 g/mol. The number of thioether (sulfide) groups is 1. The highest BCUT2D eigenvalue weighted by atomic mass is 32.2. The van der Waals surface area contributed by atoms with Crippen molar-refractivity contribution in [1.82, 2.24) is 0 Å². The van der Waals surface area contributed by atoms with Gasteiger partial charge in [0.25, 0.3) is 5.69 Å². The van der Waals surface area contributed by atoms with Crippen molar-refractivity contribution in [1.29, 1.82) is 0 Å². The Balaban J connectivity index is 1.69. The fraction of sp³-hybridized carbons (Fsp3) is 0.250. The molecule has 1 unspecified atom stereocenters. The number of aryl methyl sites for hydroxylation is 2. The first-order valence-corrected chi connectivity index (χ1v) is 13.1. The third kappa shape index (κ3) is 4.63. The number of benzene rings is 3. The Morgan fingerprint density at radius 1 is 1.03 bits per heavy atom. The number of carbonyl (C=O) groups excluding carboxylic acids is 1. The fourth-order valence-corrected chi connectivity index (χ4v) is 5.89. The number of anilines is 2. The minimum absolute atomic E-state index is 0.0657. The van der Waals surface area contributed by atoms with Gasteiger partial charge in [-0.25, -0.2) is 14.8 Å². The summed E-state index contributed by atoms with van der Waals surface area (Å²) < 4.78 is 5.29. The van der Waals surface area contributed by atoms with Gasteiger partial charge in [-0.3, -0.25) is 10.1 Å². The summed E-state index contributed by atoms with van der Waals surface area (Å²) in [4.78, 5) is 23.0. The molecule has 0 amide bonds. The van der Waals surface area contributed by atoms with Crippen molar-refractivity contribution in [2.24, 2.45) is 10.2 Å². The van der Waals surface area contributed by atoms with Crippen LogP contribution in [0.4, 0.5) is 17.1 Å². The van der Waals surface area contributed by atoms with Gasteiger partial charge in [0.1, 0.15) is 0 Å². The van der Waals surface area contributed by atoms with E-state index >= 15 is 0 Å². The van der Waals surface area contributed by atoms with E-state index in [0.717, 1.165) is 28.1 Å². The summed E-state index contributed by atoms with van der Waals surface area (Å²) in [6.07, 6.45) is 1.14. The number of nitro groups is 1. The van der Waals surface area contributed by atoms with Crippen LogP contribution in [0.2, 0.25) is 0 Å². The van der Waals surface area contributed by atoms with E-state index in [1.807, 2.05) is 35.3 Å². The predicted octanol–water partition coefficient (Wildman–Crippen LogP) is 6.00. The number of nitrogens with zero attached hydrogens (tertiary/aromatic N) is 5. The van der Waals surface area contributed by atoms with Crippen molar-refractivity contribution in [2.75, 3.05) is 16.6 Å². The van der Waals surface area contributed by atoms with Gasteiger partial charge >= 0.3 is 5.97 Å². The maximum atomic E-state index is 12.9. The molecular formula is C28H27N5O4S. The summed E-state index contributed by atoms with van der Waals surface area (Å²) in [7, 11) is 0. The lowest BCUT2D eigenvalue weighted by molar-refractivity contribution is -0.384. The SMILES string of the molecule is CCOC(=O)C1=NN(c2cccc([N+](=O)[O-])c2)C2(CCC(c3cc(C)ccc3C)=NN2c2ccccc2)S1. The molecule has 0 saturated heterocycles. The quantitative estimate of drug-likeness (QED) is 0.219. The van der Waals surface area contributed by atoms with E-state index in [9.17, 15) is 14.9 Å². The van der Waals surface area contributed by atoms with Crippen LogP contribution in [0.5, 0.6) is 0 Å². The summed E-state index contributed by atoms with van der Waals surface area (Å²) in [5, 5.41) is 25.1. The molecule has 194 valence electrons. The number of hydrogen-bond donors (Lipinski definition) is 0. The molecule has 0 fully saturated rings. The number of hydrogen-bond acceptors (Lipinski definition) is 9. The molecule has 38 heavy (non-hydrogen) atoms. The first-order chi connectivity index (χ1) is 18.3. The molecule has 0 aromatic heterocycles. The largest absolute Gasteiger partial charge is 0.461 e. The molecule has 5 rings (SSSR count). The second-order valence-electron chi connectivity index (χ2n) is 9.07. The zero-order valence-electron chi connectivity index (χ0n) is 21.3. The van der Waals surface area contributed by atoms with E-state index < -0.39 is 15.9 Å². The molecule has 1 atom stereocenters. The van der Waals surface area contributed by atoms with Crippen LogP contribution in [-0.2, 0) is 9.53 Å². The highest BCUT2D eigenvalue weighted by Gasteiger charge is 2.53. The lowest BCUT2D eigenvalue weighted by Crippen LogP contribution is -2.56. The van der Waals surface area contributed by atoms with Crippen molar-refractivity contribution < 1.29 is 14.5 Å². The molecule has 3 aromatic carbocycles. The van der Waals surface area contributed by atoms with Crippen LogP contribution in [0.3, 0.4) is 0 Å². The van der Waals surface area contributed by atoms with Crippen LogP contribution in [-0.4, -0.2) is 33.2 Å². The Labute approximate surface area is 224 Å². The number of para-hydroxylation sites is 1. The number of ether oxygens (including phenoxy) is 1. The molecule has 0 N–H and O–H groups in total. The van der Waals surface area contributed by atoms with E-state index in [4.69, 9.17) is 9.84 Å². The molecule has 2 aliphatic rings. The van der Waals surface area contributed by atoms with Gasteiger partial charge in [-0.2, -0.15) is 10.2 Å². The van der Waals surface area contributed by atoms with Crippen molar-refractivity contribution in [3.05, 3.63) is 99.6 Å². The summed E-state index contributed by atoms with van der Waals surface area (Å²) >= 11 is 1.26. The number of non-ortho nitro benzene ring substituents is 1. The Hall–Kier alpha value is -4.18. The number of rotatable bonds is 6. The third-order valence-corrected chi connectivity index (χ3v) is 7.78. The molecule has 9 nitrogen and oxygen atoms in total. The van der Waals surface area contributed by atoms with Gasteiger partial charge in [0.2, 0.25) is 10.0 Å². The van der Waals surface area contributed by atoms with Crippen LogP contribution in [0.15, 0.2) is 83.0 Å². The average molecular weight is 530 g/mol. The highest BCUT2D eigenvalue weighted by Crippen LogP contribution is 2.50. The summed E-state index contributed by atoms with van der Waals surface area (Å²) in [5.41, 5.74) is 5.47. The number of esters is 1. The summed E-state index contributed by atoms with van der Waals surface area (Å²) in [5.74, 6) is -0.540. The Kier molecular flexibility index (Phi) is 6.90. The van der Waals surface area contributed by atoms with E-state index in [-0.39, 0.29) is 17.3 Å². The van der Waals surface area contributed by atoms with Gasteiger partial charge < -0.3 is 4.74 Å². The summed E-state index contributed by atoms with van der Waals surface area (Å²) in [6, 6.07) is 22.2. The van der Waals surface area contributed by atoms with E-state index in [1.165, 1.54) is 23.9 Å². The zero-order valence-corrected chi connectivity index (χ0v) is 22.1. The Morgan fingerprint density at radius 2 is 1.76 bits per heavy atom. The lowest BCUT2D eigenvalue weighted by Gasteiger charge is -2.46. The zero-order chi connectivity index (χ0) is 26.9. The Bertz CT molecular complexity index is 1460. The summed E-state index contributed by atoms with van der Waals surface area (Å²) in [6.45, 7) is 6.07. The average Bonchev–Trinajstić information content (AvgIpc) is 3.31. The van der Waals surface area contributed by atoms with Gasteiger partial charge in [0.05, 0.1) is 28.6 Å². The fourth-order valence-electron chi connectivity index (χ4n) is 4.65. The van der Waals surface area contributed by atoms with Gasteiger partial charge in [0.15, 0.2) is 0 Å². The van der Waals surface area contributed by atoms with Crippen LogP contribution in [0, 0.1) is 24.0 Å². The van der Waals surface area contributed by atoms with Crippen molar-refractivity contribution >= 4 is 45.5 Å². The van der Waals surface area contributed by atoms with Crippen molar-refractivity contribution in [3.8, 4) is 0 Å². The van der Waals surface area contributed by atoms with E-state index in [2.05, 4.69) is 37.1 Å². The Morgan fingerprint density at radius 3 is 2.50 bits per heavy atom. The first kappa shape index (κ1) is 25.5. The van der Waals surface area contributed by atoms with Crippen LogP contribution in [0.1, 0.15) is 36.5 Å². The standard InChI is InChI=1S/C28H27N5O4S/c1-4-37-27(34)26-30-32(22-11-8-12-23(18-22)33(35)36)28(38-26)16-15-25(24-17-19(2)13-14-20(24)3)29-31(28)21-9-6-5-7-10-21/h5-14,17-18H,4,15-16H2,1-3H3. The second-order valence-corrected chi connectivity index (χ2v) is 10.3. The molecule has 10 heteroatoms. The highest BCUT2D eigenvalue weighted by molar-refractivity contribution is 8.17. The molecule has 0 radical (unpaired) electrons. The number of carbonyl (C=O) groups is 1. The van der Waals surface area contributed by atoms with Crippen LogP contribution >= 0.6 is 11.8 Å². The molecule has 2 aliphatic heterocycles. The van der Waals surface area contributed by atoms with Gasteiger partial charge in [-0.15, -0.1) is 0 Å². The maximum absolute atomic E-state index is 12.9. The number of hydrazone groups is 2. The third-order valence-electron chi connectivity index (χ3n) is 6.46. The van der Waals surface area contributed by atoms with Crippen LogP contribution in [0.25, 0.3) is 0 Å². The van der Waals surface area contributed by atoms with Crippen LogP contribution < -0.4 is 10.0 Å². The second kappa shape index (κ2) is 10.3. The lowest BCUT2D eigenvalue weighted by atomic mass is 9.96. The smallest absolute Gasteiger partial charge is 0.365 e. The number of nitro benzene ring substituents is 1. The van der Waals surface area contributed by atoms with Gasteiger partial charge in [0, 0.05) is 24.1 Å². The molecule has 0 bridgehead atoms. The van der Waals surface area contributed by atoms with Gasteiger partial charge in [-0.05, 0) is 68.8 Å². The van der Waals surface area contributed by atoms with Gasteiger partial charge in [-0.1, -0.05) is 42.0 Å². The normalized spacial score (nSPS) is 18.8. The first-order valence-electron chi connectivity index (χ1n) is 12.3. The van der Waals surface area contributed by atoms with Crippen molar-refractivity contribution in [2.45, 2.75) is 38.6 Å². The van der Waals surface area contributed by atoms with E-state index in [1.54, 1.807) is 24.1 Å². The molecule has 0 aliphatic carbocycles. The molecule has 0 saturated carbocycles. The maximum Gasteiger partial charge on any atom is 0.365 e. The molecule has 3 aromatic rings. The van der Waals surface area contributed by atoms with E-state index in [0.29, 0.717) is 18.5 Å². The minimum Gasteiger partial charge on any atom is -0.461 e. The predicted molar refractivity (Wildman–Crippen MR) is 151 cm³/mol. The molecule has 2 heterocycles. The minimum atomic E-state index is -0.986. The molecule has 1 spiro atoms.